The third kappa shape index (κ3) is 3.29. The fraction of sp³-hybridized carbons (Fsp3) is 0.929. The molecule has 3 aliphatic rings. The highest BCUT2D eigenvalue weighted by Crippen LogP contribution is 2.49. The van der Waals surface area contributed by atoms with Crippen LogP contribution >= 0.6 is 0 Å². The Balaban J connectivity index is 1.78. The molecule has 0 aromatic carbocycles. The highest BCUT2D eigenvalue weighted by molar-refractivity contribution is 7.87. The minimum Gasteiger partial charge on any atom is -0.454 e. The lowest BCUT2D eigenvalue weighted by Crippen LogP contribution is -2.51. The third-order valence-electron chi connectivity index (χ3n) is 5.08. The summed E-state index contributed by atoms with van der Waals surface area (Å²) < 4.78 is 73.1. The maximum atomic E-state index is 13.5. The molecule has 7 nitrogen and oxygen atoms in total. The van der Waals surface area contributed by atoms with Crippen molar-refractivity contribution in [3.63, 3.8) is 0 Å². The zero-order valence-electron chi connectivity index (χ0n) is 12.9. The van der Waals surface area contributed by atoms with Crippen LogP contribution in [0.25, 0.3) is 0 Å². The van der Waals surface area contributed by atoms with Gasteiger partial charge in [-0.2, -0.15) is 17.2 Å². The molecular weight excluding hydrogens is 350 g/mol. The van der Waals surface area contributed by atoms with Crippen LogP contribution in [0.4, 0.5) is 8.78 Å². The number of carbonyl (C=O) groups excluding carboxylic acids is 1. The number of rotatable bonds is 4. The van der Waals surface area contributed by atoms with Gasteiger partial charge in [0.05, 0.1) is 13.2 Å². The van der Waals surface area contributed by atoms with E-state index < -0.39 is 33.2 Å². The first kappa shape index (κ1) is 18.0. The molecule has 138 valence electrons. The van der Waals surface area contributed by atoms with Crippen molar-refractivity contribution in [3.8, 4) is 0 Å². The lowest BCUT2D eigenvalue weighted by molar-refractivity contribution is -0.199. The molecule has 3 unspecified atom stereocenters. The highest BCUT2D eigenvalue weighted by atomic mass is 32.2. The molecule has 1 aliphatic heterocycles. The van der Waals surface area contributed by atoms with E-state index in [1.165, 1.54) is 0 Å². The number of carbonyl (C=O) groups is 1. The van der Waals surface area contributed by atoms with Gasteiger partial charge in [-0.05, 0) is 38.0 Å². The van der Waals surface area contributed by atoms with E-state index in [0.717, 1.165) is 12.8 Å². The van der Waals surface area contributed by atoms with Crippen LogP contribution in [0.3, 0.4) is 0 Å². The van der Waals surface area contributed by atoms with E-state index in [9.17, 15) is 22.0 Å². The lowest BCUT2D eigenvalue weighted by atomic mass is 9.65. The van der Waals surface area contributed by atoms with Crippen molar-refractivity contribution >= 4 is 16.1 Å². The van der Waals surface area contributed by atoms with E-state index in [1.54, 1.807) is 0 Å². The van der Waals surface area contributed by atoms with Crippen molar-refractivity contribution in [2.45, 2.75) is 55.7 Å². The smallest absolute Gasteiger partial charge is 0.454 e. The average molecular weight is 370 g/mol. The summed E-state index contributed by atoms with van der Waals surface area (Å²) in [6, 6.07) is 0. The van der Waals surface area contributed by atoms with Crippen LogP contribution in [0.2, 0.25) is 0 Å². The predicted octanol–water partition coefficient (Wildman–Crippen LogP) is 1.72. The summed E-state index contributed by atoms with van der Waals surface area (Å²) in [6.07, 6.45) is 2.99. The Hall–Kier alpha value is -0.840. The zero-order valence-corrected chi connectivity index (χ0v) is 13.8. The Labute approximate surface area is 138 Å². The highest BCUT2D eigenvalue weighted by Gasteiger charge is 2.58. The van der Waals surface area contributed by atoms with Crippen molar-refractivity contribution in [3.05, 3.63) is 0 Å². The molecule has 3 fully saturated rings. The molecule has 24 heavy (non-hydrogen) atoms. The average Bonchev–Trinajstić information content (AvgIpc) is 2.99. The molecule has 2 bridgehead atoms. The van der Waals surface area contributed by atoms with E-state index in [4.69, 9.17) is 18.8 Å². The fourth-order valence-electron chi connectivity index (χ4n) is 4.17. The van der Waals surface area contributed by atoms with Gasteiger partial charge in [-0.15, -0.1) is 0 Å². The van der Waals surface area contributed by atoms with E-state index in [0.29, 0.717) is 32.5 Å². The summed E-state index contributed by atoms with van der Waals surface area (Å²) in [5, 5.41) is -4.97. The molecule has 2 saturated carbocycles. The lowest BCUT2D eigenvalue weighted by Gasteiger charge is -2.48. The van der Waals surface area contributed by atoms with E-state index in [-0.39, 0.29) is 18.3 Å². The van der Waals surface area contributed by atoms with E-state index in [2.05, 4.69) is 0 Å². The second-order valence-electron chi connectivity index (χ2n) is 6.84. The molecule has 1 saturated heterocycles. The summed E-state index contributed by atoms with van der Waals surface area (Å²) in [4.78, 5) is 11.7. The van der Waals surface area contributed by atoms with Crippen LogP contribution < -0.4 is 0 Å². The van der Waals surface area contributed by atoms with E-state index in [1.807, 2.05) is 0 Å². The normalized spacial score (nSPS) is 35.0. The summed E-state index contributed by atoms with van der Waals surface area (Å²) in [5.74, 6) is -2.14. The monoisotopic (exact) mass is 370 g/mol. The van der Waals surface area contributed by atoms with Gasteiger partial charge >= 0.3 is 21.3 Å². The minimum atomic E-state index is -5.87. The van der Waals surface area contributed by atoms with Crippen LogP contribution in [0.15, 0.2) is 0 Å². The molecule has 0 radical (unpaired) electrons. The molecule has 10 heteroatoms. The predicted molar refractivity (Wildman–Crippen MR) is 75.7 cm³/mol. The van der Waals surface area contributed by atoms with Crippen LogP contribution in [0.1, 0.15) is 38.5 Å². The van der Waals surface area contributed by atoms with Gasteiger partial charge in [0.15, 0.2) is 6.29 Å². The Bertz CT molecular complexity index is 602. The van der Waals surface area contributed by atoms with Crippen molar-refractivity contribution in [2.24, 2.45) is 11.8 Å². The molecule has 0 amide bonds. The maximum absolute atomic E-state index is 13.5. The van der Waals surface area contributed by atoms with Gasteiger partial charge < -0.3 is 14.2 Å². The number of hydrogen-bond acceptors (Lipinski definition) is 6. The molecule has 0 aromatic rings. The van der Waals surface area contributed by atoms with Gasteiger partial charge in [0.2, 0.25) is 0 Å². The van der Waals surface area contributed by atoms with Crippen molar-refractivity contribution in [1.82, 2.24) is 0 Å². The first-order valence-electron chi connectivity index (χ1n) is 7.94. The molecule has 1 heterocycles. The second kappa shape index (κ2) is 6.15. The Morgan fingerprint density at radius 1 is 1.25 bits per heavy atom. The molecule has 3 atom stereocenters. The second-order valence-corrected chi connectivity index (χ2v) is 8.30. The summed E-state index contributed by atoms with van der Waals surface area (Å²) in [6.45, 7) is 0.916. The van der Waals surface area contributed by atoms with Crippen LogP contribution in [0, 0.1) is 11.8 Å². The van der Waals surface area contributed by atoms with Crippen LogP contribution in [-0.4, -0.2) is 49.3 Å². The van der Waals surface area contributed by atoms with Gasteiger partial charge in [-0.25, -0.2) is 4.79 Å². The first-order valence-corrected chi connectivity index (χ1v) is 9.38. The molecular formula is C14H20F2O7S. The van der Waals surface area contributed by atoms with Crippen molar-refractivity contribution < 1.29 is 40.8 Å². The zero-order chi connectivity index (χ0) is 17.6. The van der Waals surface area contributed by atoms with Gasteiger partial charge in [-0.3, -0.25) is 4.55 Å². The van der Waals surface area contributed by atoms with Gasteiger partial charge in [-0.1, -0.05) is 6.42 Å². The summed E-state index contributed by atoms with van der Waals surface area (Å²) in [7, 11) is -5.87. The number of halogens is 2. The molecule has 2 aliphatic carbocycles. The number of hydrogen-bond donors (Lipinski definition) is 1. The van der Waals surface area contributed by atoms with Crippen LogP contribution in [-0.2, 0) is 29.1 Å². The largest absolute Gasteiger partial charge is 0.465 e. The Kier molecular flexibility index (Phi) is 4.61. The van der Waals surface area contributed by atoms with Crippen molar-refractivity contribution in [1.29, 1.82) is 0 Å². The van der Waals surface area contributed by atoms with Crippen LogP contribution in [0.5, 0.6) is 0 Å². The molecule has 1 N–H and O–H groups in total. The number of esters is 1. The standard InChI is InChI=1S/C14H20F2O7S/c15-14(16,24(18,19)20)12(17)23-13-3-1-2-9(7-13)6-10(8-13)11-21-4-5-22-11/h9-11H,1-8H2,(H,18,19,20). The minimum absolute atomic E-state index is 0.0984. The maximum Gasteiger partial charge on any atom is 0.465 e. The summed E-state index contributed by atoms with van der Waals surface area (Å²) in [5.41, 5.74) is -1.16. The quantitative estimate of drug-likeness (QED) is 0.594. The SMILES string of the molecule is O=C(OC12CCCC(CC(C3OCCO3)C1)C2)C(F)(F)S(=O)(=O)O. The molecule has 0 spiro atoms. The summed E-state index contributed by atoms with van der Waals surface area (Å²) >= 11 is 0. The van der Waals surface area contributed by atoms with Gasteiger partial charge in [0, 0.05) is 5.92 Å². The molecule has 0 aromatic heterocycles. The van der Waals surface area contributed by atoms with Crippen molar-refractivity contribution in [2.75, 3.05) is 13.2 Å². The Morgan fingerprint density at radius 2 is 1.92 bits per heavy atom. The van der Waals surface area contributed by atoms with Gasteiger partial charge in [0.1, 0.15) is 5.60 Å². The first-order chi connectivity index (χ1) is 11.1. The van der Waals surface area contributed by atoms with Gasteiger partial charge in [0.25, 0.3) is 0 Å². The number of fused-ring (bicyclic) bond motifs is 2. The topological polar surface area (TPSA) is 99.1 Å². The van der Waals surface area contributed by atoms with E-state index >= 15 is 0 Å². The number of alkyl halides is 2. The fourth-order valence-corrected chi connectivity index (χ4v) is 4.42. The molecule has 3 rings (SSSR count). The number of ether oxygens (including phenoxy) is 3. The third-order valence-corrected chi connectivity index (χ3v) is 5.89. The Morgan fingerprint density at radius 3 is 2.54 bits per heavy atom.